The predicted molar refractivity (Wildman–Crippen MR) is 110 cm³/mol. The molecule has 4 aromatic rings. The zero-order chi connectivity index (χ0) is 20.3. The summed E-state index contributed by atoms with van der Waals surface area (Å²) >= 11 is 6.05. The normalized spacial score (nSPS) is 10.0. The highest BCUT2D eigenvalue weighted by atomic mass is 35.5. The molecule has 0 bridgehead atoms. The van der Waals surface area contributed by atoms with Gasteiger partial charge in [-0.2, -0.15) is 10.5 Å². The van der Waals surface area contributed by atoms with Crippen LogP contribution < -0.4 is 5.43 Å². The molecule has 0 aliphatic carbocycles. The first kappa shape index (κ1) is 19.1. The summed E-state index contributed by atoms with van der Waals surface area (Å²) in [6, 6.07) is 15.2. The first-order valence-electron chi connectivity index (χ1n) is 8.41. The maximum Gasteiger partial charge on any atom is 0.207 e. The third-order valence-corrected chi connectivity index (χ3v) is 4.64. The standard InChI is InChI=1S/C11H7ClN2.C11H8N2O/c1-7-2-3-10-9(4-7)11(12)8(5-13)6-14-10;1-7-2-3-10-9(4-7)11(14)8(5-12)6-13-10/h2-4,6H,1H3;2-4,6H,1H3,(H,13,14). The van der Waals surface area contributed by atoms with Crippen molar-refractivity contribution < 1.29 is 0 Å². The molecule has 0 amide bonds. The molecule has 5 nitrogen and oxygen atoms in total. The summed E-state index contributed by atoms with van der Waals surface area (Å²) in [6.07, 6.45) is 2.94. The molecule has 0 aliphatic rings. The summed E-state index contributed by atoms with van der Waals surface area (Å²) in [5, 5.41) is 19.3. The molecule has 6 heteroatoms. The third kappa shape index (κ3) is 3.71. The lowest BCUT2D eigenvalue weighted by molar-refractivity contribution is 1.33. The number of hydrogen-bond acceptors (Lipinski definition) is 4. The summed E-state index contributed by atoms with van der Waals surface area (Å²) in [5.41, 5.74) is 4.08. The number of hydrogen-bond donors (Lipinski definition) is 1. The molecular formula is C22H15ClN4O. The Balaban J connectivity index is 0.000000161. The number of halogens is 1. The van der Waals surface area contributed by atoms with Crippen LogP contribution in [0.4, 0.5) is 0 Å². The summed E-state index contributed by atoms with van der Waals surface area (Å²) in [6.45, 7) is 3.90. The Morgan fingerprint density at radius 3 is 2.29 bits per heavy atom. The first-order valence-corrected chi connectivity index (χ1v) is 8.79. The monoisotopic (exact) mass is 386 g/mol. The van der Waals surface area contributed by atoms with Crippen molar-refractivity contribution in [2.75, 3.05) is 0 Å². The summed E-state index contributed by atoms with van der Waals surface area (Å²) in [5.74, 6) is 0. The minimum atomic E-state index is -0.204. The molecule has 4 rings (SSSR count). The third-order valence-electron chi connectivity index (χ3n) is 4.23. The van der Waals surface area contributed by atoms with Gasteiger partial charge in [-0.3, -0.25) is 9.78 Å². The lowest BCUT2D eigenvalue weighted by Crippen LogP contribution is -2.06. The number of pyridine rings is 2. The van der Waals surface area contributed by atoms with Crippen LogP contribution in [0.5, 0.6) is 0 Å². The minimum Gasteiger partial charge on any atom is -0.360 e. The topological polar surface area (TPSA) is 93.3 Å². The molecule has 0 aliphatic heterocycles. The Hall–Kier alpha value is -3.67. The largest absolute Gasteiger partial charge is 0.360 e. The highest BCUT2D eigenvalue weighted by Crippen LogP contribution is 2.25. The molecule has 0 saturated carbocycles. The fraction of sp³-hybridized carbons (Fsp3) is 0.0909. The highest BCUT2D eigenvalue weighted by molar-refractivity contribution is 6.36. The van der Waals surface area contributed by atoms with E-state index in [0.717, 1.165) is 27.5 Å². The van der Waals surface area contributed by atoms with Crippen molar-refractivity contribution in [3.8, 4) is 12.1 Å². The van der Waals surface area contributed by atoms with E-state index < -0.39 is 0 Å². The second-order valence-electron chi connectivity index (χ2n) is 6.31. The Bertz CT molecular complexity index is 1340. The van der Waals surface area contributed by atoms with Gasteiger partial charge in [0.05, 0.1) is 16.1 Å². The van der Waals surface area contributed by atoms with E-state index in [2.05, 4.69) is 9.97 Å². The second-order valence-corrected chi connectivity index (χ2v) is 6.69. The van der Waals surface area contributed by atoms with Crippen molar-refractivity contribution in [2.24, 2.45) is 0 Å². The number of nitriles is 2. The van der Waals surface area contributed by atoms with Gasteiger partial charge in [-0.15, -0.1) is 0 Å². The van der Waals surface area contributed by atoms with E-state index in [-0.39, 0.29) is 11.0 Å². The van der Waals surface area contributed by atoms with Crippen LogP contribution in [0.25, 0.3) is 21.8 Å². The van der Waals surface area contributed by atoms with E-state index in [0.29, 0.717) is 16.0 Å². The van der Waals surface area contributed by atoms with Gasteiger partial charge >= 0.3 is 0 Å². The molecule has 0 unspecified atom stereocenters. The Morgan fingerprint density at radius 1 is 0.964 bits per heavy atom. The number of aromatic amines is 1. The SMILES string of the molecule is Cc1ccc2[nH]cc(C#N)c(=O)c2c1.Cc1ccc2ncc(C#N)c(Cl)c2c1. The molecular weight excluding hydrogens is 372 g/mol. The van der Waals surface area contributed by atoms with Gasteiger partial charge in [0.2, 0.25) is 5.43 Å². The number of benzene rings is 2. The zero-order valence-corrected chi connectivity index (χ0v) is 16.0. The van der Waals surface area contributed by atoms with Crippen LogP contribution in [0.1, 0.15) is 22.3 Å². The van der Waals surface area contributed by atoms with Crippen molar-refractivity contribution in [2.45, 2.75) is 13.8 Å². The lowest BCUT2D eigenvalue weighted by Gasteiger charge is -2.02. The molecule has 2 aromatic heterocycles. The van der Waals surface area contributed by atoms with Gasteiger partial charge in [-0.1, -0.05) is 34.9 Å². The van der Waals surface area contributed by atoms with Gasteiger partial charge in [-0.25, -0.2) is 0 Å². The van der Waals surface area contributed by atoms with E-state index in [4.69, 9.17) is 22.1 Å². The van der Waals surface area contributed by atoms with Crippen molar-refractivity contribution >= 4 is 33.4 Å². The van der Waals surface area contributed by atoms with Crippen molar-refractivity contribution in [3.05, 3.63) is 86.3 Å². The molecule has 0 fully saturated rings. The average molecular weight is 387 g/mol. The summed E-state index contributed by atoms with van der Waals surface area (Å²) in [4.78, 5) is 18.7. The van der Waals surface area contributed by atoms with E-state index in [9.17, 15) is 4.79 Å². The maximum absolute atomic E-state index is 11.7. The van der Waals surface area contributed by atoms with Crippen LogP contribution >= 0.6 is 11.6 Å². The molecule has 1 N–H and O–H groups in total. The zero-order valence-electron chi connectivity index (χ0n) is 15.2. The number of rotatable bonds is 0. The molecule has 0 saturated heterocycles. The van der Waals surface area contributed by atoms with Crippen LogP contribution in [0.2, 0.25) is 5.02 Å². The van der Waals surface area contributed by atoms with Crippen LogP contribution in [0.3, 0.4) is 0 Å². The van der Waals surface area contributed by atoms with Gasteiger partial charge in [0, 0.05) is 28.7 Å². The van der Waals surface area contributed by atoms with Crippen LogP contribution in [-0.2, 0) is 0 Å². The molecule has 0 radical (unpaired) electrons. The second kappa shape index (κ2) is 7.92. The van der Waals surface area contributed by atoms with Crippen molar-refractivity contribution in [1.82, 2.24) is 9.97 Å². The molecule has 136 valence electrons. The molecule has 28 heavy (non-hydrogen) atoms. The van der Waals surface area contributed by atoms with Gasteiger partial charge in [0.15, 0.2) is 0 Å². The van der Waals surface area contributed by atoms with E-state index in [1.54, 1.807) is 6.07 Å². The van der Waals surface area contributed by atoms with Crippen LogP contribution in [0.15, 0.2) is 53.6 Å². The van der Waals surface area contributed by atoms with Crippen molar-refractivity contribution in [3.63, 3.8) is 0 Å². The van der Waals surface area contributed by atoms with Gasteiger partial charge in [0.1, 0.15) is 17.7 Å². The maximum atomic E-state index is 11.7. The Morgan fingerprint density at radius 2 is 1.61 bits per heavy atom. The van der Waals surface area contributed by atoms with E-state index in [1.165, 1.54) is 12.4 Å². The first-order chi connectivity index (χ1) is 13.4. The highest BCUT2D eigenvalue weighted by Gasteiger charge is 2.06. The lowest BCUT2D eigenvalue weighted by atomic mass is 10.1. The quantitative estimate of drug-likeness (QED) is 0.470. The average Bonchev–Trinajstić information content (AvgIpc) is 2.70. The molecule has 0 atom stereocenters. The minimum absolute atomic E-state index is 0.156. The van der Waals surface area contributed by atoms with E-state index >= 15 is 0 Å². The summed E-state index contributed by atoms with van der Waals surface area (Å²) < 4.78 is 0. The molecule has 0 spiro atoms. The fourth-order valence-electron chi connectivity index (χ4n) is 2.77. The Labute approximate surface area is 166 Å². The van der Waals surface area contributed by atoms with Gasteiger partial charge in [-0.05, 0) is 38.1 Å². The van der Waals surface area contributed by atoms with Crippen LogP contribution in [0, 0.1) is 36.5 Å². The van der Waals surface area contributed by atoms with E-state index in [1.807, 2.05) is 56.3 Å². The number of fused-ring (bicyclic) bond motifs is 2. The van der Waals surface area contributed by atoms with Gasteiger partial charge < -0.3 is 4.98 Å². The predicted octanol–water partition coefficient (Wildman–Crippen LogP) is 4.78. The van der Waals surface area contributed by atoms with Crippen molar-refractivity contribution in [1.29, 1.82) is 10.5 Å². The number of nitrogens with one attached hydrogen (secondary N) is 1. The number of aromatic nitrogens is 2. The molecule has 2 aromatic carbocycles. The number of nitrogens with zero attached hydrogens (tertiary/aromatic N) is 3. The fourth-order valence-corrected chi connectivity index (χ4v) is 3.01. The Kier molecular flexibility index (Phi) is 5.40. The number of aryl methyl sites for hydroxylation is 2. The summed E-state index contributed by atoms with van der Waals surface area (Å²) in [7, 11) is 0. The van der Waals surface area contributed by atoms with Gasteiger partial charge in [0.25, 0.3) is 0 Å². The van der Waals surface area contributed by atoms with Crippen LogP contribution in [-0.4, -0.2) is 9.97 Å². The smallest absolute Gasteiger partial charge is 0.207 e. The molecule has 2 heterocycles. The number of H-pyrrole nitrogens is 1.